The topological polar surface area (TPSA) is 41.5 Å². The first-order valence-electron chi connectivity index (χ1n) is 9.01. The molecule has 0 spiro atoms. The Morgan fingerprint density at radius 1 is 0.926 bits per heavy atom. The maximum Gasteiger partial charge on any atom is 0.271 e. The van der Waals surface area contributed by atoms with Gasteiger partial charge in [-0.3, -0.25) is 4.79 Å². The molecule has 0 aliphatic heterocycles. The summed E-state index contributed by atoms with van der Waals surface area (Å²) in [5.74, 6) is -0.207. The lowest BCUT2D eigenvalue weighted by atomic mass is 9.76. The number of nitrogens with zero attached hydrogens (tertiary/aromatic N) is 1. The van der Waals surface area contributed by atoms with E-state index in [4.69, 9.17) is 0 Å². The highest BCUT2D eigenvalue weighted by Gasteiger charge is 2.27. The zero-order valence-electron chi connectivity index (χ0n) is 14.9. The second-order valence-corrected chi connectivity index (χ2v) is 6.62. The molecule has 1 N–H and O–H groups in total. The van der Waals surface area contributed by atoms with Gasteiger partial charge in [-0.1, -0.05) is 91.0 Å². The summed E-state index contributed by atoms with van der Waals surface area (Å²) in [4.78, 5) is 12.7. The molecule has 0 saturated heterocycles. The molecule has 1 aliphatic carbocycles. The molecule has 0 saturated carbocycles. The monoisotopic (exact) mass is 352 g/mol. The Morgan fingerprint density at radius 2 is 1.70 bits per heavy atom. The molecule has 3 aromatic carbocycles. The largest absolute Gasteiger partial charge is 0.271 e. The van der Waals surface area contributed by atoms with Crippen LogP contribution in [0.25, 0.3) is 10.8 Å². The zero-order valence-corrected chi connectivity index (χ0v) is 14.9. The standard InChI is InChI=1S/C24H20N2O/c27-23(22-15-9-11-19-10-5-6-14-21(19)22)26-25-18-24(16-7-2-8-17-24)20-12-3-1-4-13-20/h1-16,18H,17H2,(H,26,27)/b25-18-. The van der Waals surface area contributed by atoms with Crippen molar-refractivity contribution in [3.05, 3.63) is 108 Å². The Morgan fingerprint density at radius 3 is 2.52 bits per heavy atom. The van der Waals surface area contributed by atoms with Gasteiger partial charge in [0.15, 0.2) is 0 Å². The molecule has 1 atom stereocenters. The first-order valence-corrected chi connectivity index (χ1v) is 9.01. The highest BCUT2D eigenvalue weighted by Crippen LogP contribution is 2.30. The summed E-state index contributed by atoms with van der Waals surface area (Å²) in [7, 11) is 0. The first kappa shape index (κ1) is 17.0. The van der Waals surface area contributed by atoms with E-state index in [1.807, 2.05) is 79.0 Å². The number of carbonyl (C=O) groups is 1. The third-order valence-corrected chi connectivity index (χ3v) is 4.90. The summed E-state index contributed by atoms with van der Waals surface area (Å²) in [6.45, 7) is 0. The number of benzene rings is 3. The fourth-order valence-electron chi connectivity index (χ4n) is 3.46. The molecular formula is C24H20N2O. The van der Waals surface area contributed by atoms with E-state index in [9.17, 15) is 4.79 Å². The van der Waals surface area contributed by atoms with Gasteiger partial charge >= 0.3 is 0 Å². The Balaban J connectivity index is 1.59. The number of nitrogens with one attached hydrogen (secondary N) is 1. The van der Waals surface area contributed by atoms with Gasteiger partial charge in [0.2, 0.25) is 0 Å². The summed E-state index contributed by atoms with van der Waals surface area (Å²) in [5.41, 5.74) is 4.13. The van der Waals surface area contributed by atoms with Gasteiger partial charge in [-0.15, -0.1) is 0 Å². The summed E-state index contributed by atoms with van der Waals surface area (Å²) in [6, 6.07) is 23.8. The number of allylic oxidation sites excluding steroid dienone is 4. The van der Waals surface area contributed by atoms with Crippen molar-refractivity contribution in [2.24, 2.45) is 5.10 Å². The van der Waals surface area contributed by atoms with Crippen LogP contribution in [0, 0.1) is 0 Å². The molecule has 3 aromatic rings. The van der Waals surface area contributed by atoms with Crippen molar-refractivity contribution in [3.63, 3.8) is 0 Å². The SMILES string of the molecule is O=C(N/N=C\C1(c2ccccc2)C=CC=CC1)c1cccc2ccccc12. The van der Waals surface area contributed by atoms with Crippen LogP contribution in [0.3, 0.4) is 0 Å². The van der Waals surface area contributed by atoms with Crippen molar-refractivity contribution >= 4 is 22.9 Å². The number of fused-ring (bicyclic) bond motifs is 1. The third kappa shape index (κ3) is 3.44. The predicted molar refractivity (Wildman–Crippen MR) is 111 cm³/mol. The molecule has 1 aliphatic rings. The molecule has 132 valence electrons. The van der Waals surface area contributed by atoms with Crippen LogP contribution in [0.4, 0.5) is 0 Å². The van der Waals surface area contributed by atoms with E-state index in [0.717, 1.165) is 22.8 Å². The molecule has 1 amide bonds. The summed E-state index contributed by atoms with van der Waals surface area (Å²) in [5, 5.41) is 6.28. The summed E-state index contributed by atoms with van der Waals surface area (Å²) < 4.78 is 0. The molecule has 0 heterocycles. The second-order valence-electron chi connectivity index (χ2n) is 6.62. The Hall–Kier alpha value is -3.46. The van der Waals surface area contributed by atoms with Crippen LogP contribution >= 0.6 is 0 Å². The number of hydrogen-bond donors (Lipinski definition) is 1. The maximum atomic E-state index is 12.7. The van der Waals surface area contributed by atoms with Crippen LogP contribution < -0.4 is 5.43 Å². The van der Waals surface area contributed by atoms with Gasteiger partial charge in [-0.25, -0.2) is 5.43 Å². The van der Waals surface area contributed by atoms with Gasteiger partial charge in [-0.2, -0.15) is 5.10 Å². The van der Waals surface area contributed by atoms with Crippen LogP contribution in [0.2, 0.25) is 0 Å². The number of amides is 1. The highest BCUT2D eigenvalue weighted by atomic mass is 16.2. The van der Waals surface area contributed by atoms with E-state index in [2.05, 4.69) is 34.8 Å². The number of carbonyl (C=O) groups excluding carboxylic acids is 1. The lowest BCUT2D eigenvalue weighted by molar-refractivity contribution is 0.0956. The lowest BCUT2D eigenvalue weighted by Crippen LogP contribution is -2.28. The fraction of sp³-hybridized carbons (Fsp3) is 0.0833. The van der Waals surface area contributed by atoms with Gasteiger partial charge in [0.25, 0.3) is 5.91 Å². The molecule has 0 fully saturated rings. The molecule has 3 nitrogen and oxygen atoms in total. The highest BCUT2D eigenvalue weighted by molar-refractivity contribution is 6.07. The van der Waals surface area contributed by atoms with Crippen LogP contribution in [0.15, 0.2) is 102 Å². The smallest absolute Gasteiger partial charge is 0.267 e. The molecule has 0 bridgehead atoms. The van der Waals surface area contributed by atoms with Gasteiger partial charge in [0.1, 0.15) is 0 Å². The summed E-state index contributed by atoms with van der Waals surface area (Å²) >= 11 is 0. The Bertz CT molecular complexity index is 1040. The van der Waals surface area contributed by atoms with Crippen LogP contribution in [0.5, 0.6) is 0 Å². The summed E-state index contributed by atoms with van der Waals surface area (Å²) in [6.07, 6.45) is 10.9. The Kier molecular flexibility index (Phi) is 4.67. The lowest BCUT2D eigenvalue weighted by Gasteiger charge is -2.27. The predicted octanol–water partition coefficient (Wildman–Crippen LogP) is 5.01. The van der Waals surface area contributed by atoms with Gasteiger partial charge < -0.3 is 0 Å². The number of hydrogen-bond acceptors (Lipinski definition) is 2. The van der Waals surface area contributed by atoms with Gasteiger partial charge in [0, 0.05) is 11.8 Å². The third-order valence-electron chi connectivity index (χ3n) is 4.90. The van der Waals surface area contributed by atoms with Gasteiger partial charge in [0.05, 0.1) is 5.41 Å². The van der Waals surface area contributed by atoms with Crippen molar-refractivity contribution < 1.29 is 4.79 Å². The Labute approximate surface area is 158 Å². The minimum absolute atomic E-state index is 0.207. The zero-order chi connectivity index (χ0) is 18.5. The van der Waals surface area contributed by atoms with E-state index in [1.165, 1.54) is 0 Å². The molecule has 4 rings (SSSR count). The number of hydrazone groups is 1. The van der Waals surface area contributed by atoms with E-state index in [-0.39, 0.29) is 11.3 Å². The minimum Gasteiger partial charge on any atom is -0.267 e. The number of rotatable bonds is 4. The van der Waals surface area contributed by atoms with E-state index >= 15 is 0 Å². The molecule has 3 heteroatoms. The molecule has 0 aromatic heterocycles. The van der Waals surface area contributed by atoms with Crippen molar-refractivity contribution in [1.29, 1.82) is 0 Å². The van der Waals surface area contributed by atoms with Crippen LogP contribution in [-0.4, -0.2) is 12.1 Å². The average Bonchev–Trinajstić information content (AvgIpc) is 2.74. The first-order chi connectivity index (χ1) is 13.3. The van der Waals surface area contributed by atoms with E-state index in [0.29, 0.717) is 5.56 Å². The van der Waals surface area contributed by atoms with E-state index in [1.54, 1.807) is 0 Å². The normalized spacial score (nSPS) is 18.8. The van der Waals surface area contributed by atoms with Crippen LogP contribution in [-0.2, 0) is 5.41 Å². The molecule has 27 heavy (non-hydrogen) atoms. The molecular weight excluding hydrogens is 332 g/mol. The fourth-order valence-corrected chi connectivity index (χ4v) is 3.46. The van der Waals surface area contributed by atoms with Crippen LogP contribution in [0.1, 0.15) is 22.3 Å². The van der Waals surface area contributed by atoms with Crippen molar-refractivity contribution in [1.82, 2.24) is 5.43 Å². The average molecular weight is 352 g/mol. The maximum absolute atomic E-state index is 12.7. The molecule has 0 radical (unpaired) electrons. The molecule has 1 unspecified atom stereocenters. The second kappa shape index (κ2) is 7.42. The van der Waals surface area contributed by atoms with Crippen molar-refractivity contribution in [2.75, 3.05) is 0 Å². The van der Waals surface area contributed by atoms with Crippen molar-refractivity contribution in [3.8, 4) is 0 Å². The quantitative estimate of drug-likeness (QED) is 0.520. The van der Waals surface area contributed by atoms with Gasteiger partial charge in [-0.05, 0) is 28.8 Å². The minimum atomic E-state index is -0.345. The van der Waals surface area contributed by atoms with E-state index < -0.39 is 0 Å². The van der Waals surface area contributed by atoms with Crippen molar-refractivity contribution in [2.45, 2.75) is 11.8 Å².